The Morgan fingerprint density at radius 1 is 1.18 bits per heavy atom. The molecule has 3 rings (SSSR count). The van der Waals surface area contributed by atoms with E-state index >= 15 is 0 Å². The maximum atomic E-state index is 13.3. The minimum atomic E-state index is -4.68. The van der Waals surface area contributed by atoms with Crippen molar-refractivity contribution in [1.29, 1.82) is 0 Å². The molecule has 0 saturated carbocycles. The number of halogens is 3. The van der Waals surface area contributed by atoms with E-state index < -0.39 is 23.6 Å². The second-order valence-electron chi connectivity index (χ2n) is 6.49. The Morgan fingerprint density at radius 2 is 1.93 bits per heavy atom. The molecule has 0 spiro atoms. The maximum Gasteiger partial charge on any atom is 0.416 e. The molecule has 150 valence electrons. The Hall–Kier alpha value is -2.88. The molecule has 2 heterocycles. The van der Waals surface area contributed by atoms with Crippen molar-refractivity contribution >= 4 is 17.5 Å². The van der Waals surface area contributed by atoms with Crippen LogP contribution in [-0.2, 0) is 18.1 Å². The summed E-state index contributed by atoms with van der Waals surface area (Å²) in [6.07, 6.45) is -3.20. The van der Waals surface area contributed by atoms with Gasteiger partial charge in [-0.15, -0.1) is 0 Å². The summed E-state index contributed by atoms with van der Waals surface area (Å²) in [6.45, 7) is 2.32. The number of carbonyl (C=O) groups is 2. The lowest BCUT2D eigenvalue weighted by molar-refractivity contribution is -0.144. The van der Waals surface area contributed by atoms with Gasteiger partial charge in [0, 0.05) is 24.8 Å². The minimum Gasteiger partial charge on any atom is -0.321 e. The summed E-state index contributed by atoms with van der Waals surface area (Å²) in [6, 6.07) is 4.26. The zero-order valence-electron chi connectivity index (χ0n) is 15.3. The first-order valence-electron chi connectivity index (χ1n) is 8.64. The molecule has 1 aliphatic rings. The van der Waals surface area contributed by atoms with Gasteiger partial charge < -0.3 is 5.32 Å². The molecule has 0 aliphatic carbocycles. The summed E-state index contributed by atoms with van der Waals surface area (Å²) >= 11 is 0. The average molecular weight is 396 g/mol. The fraction of sp³-hybridized carbons (Fsp3) is 0.389. The number of hydroxylamine groups is 2. The topological polar surface area (TPSA) is 76.5 Å². The molecule has 1 fully saturated rings. The van der Waals surface area contributed by atoms with Gasteiger partial charge in [0.2, 0.25) is 0 Å². The number of aromatic nitrogens is 2. The van der Waals surface area contributed by atoms with Crippen molar-refractivity contribution in [2.45, 2.75) is 25.9 Å². The van der Waals surface area contributed by atoms with Crippen molar-refractivity contribution in [1.82, 2.24) is 14.8 Å². The number of nitrogens with one attached hydrogen (secondary N) is 1. The van der Waals surface area contributed by atoms with Gasteiger partial charge in [-0.25, -0.2) is 5.06 Å². The quantitative estimate of drug-likeness (QED) is 0.865. The number of benzene rings is 1. The molecule has 2 amide bonds. The summed E-state index contributed by atoms with van der Waals surface area (Å²) in [4.78, 5) is 30.2. The third kappa shape index (κ3) is 4.33. The Labute approximate surface area is 159 Å². The molecule has 10 heteroatoms. The van der Waals surface area contributed by atoms with Crippen LogP contribution in [0.1, 0.15) is 44.9 Å². The molecule has 7 nitrogen and oxygen atoms in total. The van der Waals surface area contributed by atoms with Crippen LogP contribution in [0.4, 0.5) is 18.9 Å². The molecule has 0 bridgehead atoms. The number of rotatable bonds is 3. The fourth-order valence-electron chi connectivity index (χ4n) is 2.91. The first kappa shape index (κ1) is 19.9. The number of hydrogen-bond donors (Lipinski definition) is 1. The first-order chi connectivity index (χ1) is 13.1. The van der Waals surface area contributed by atoms with Gasteiger partial charge in [0.25, 0.3) is 11.8 Å². The second-order valence-corrected chi connectivity index (χ2v) is 6.49. The van der Waals surface area contributed by atoms with Crippen LogP contribution in [0.5, 0.6) is 0 Å². The molecule has 1 N–H and O–H groups in total. The van der Waals surface area contributed by atoms with Crippen molar-refractivity contribution < 1.29 is 27.6 Å². The van der Waals surface area contributed by atoms with Gasteiger partial charge in [-0.1, -0.05) is 0 Å². The third-order valence-corrected chi connectivity index (χ3v) is 4.23. The minimum absolute atomic E-state index is 0.140. The van der Waals surface area contributed by atoms with Crippen LogP contribution >= 0.6 is 0 Å². The highest BCUT2D eigenvalue weighted by Gasteiger charge is 2.33. The predicted octanol–water partition coefficient (Wildman–Crippen LogP) is 3.17. The van der Waals surface area contributed by atoms with E-state index in [1.54, 1.807) is 14.0 Å². The van der Waals surface area contributed by atoms with Gasteiger partial charge in [0.15, 0.2) is 0 Å². The average Bonchev–Trinajstić information content (AvgIpc) is 2.99. The molecule has 1 aromatic carbocycles. The Morgan fingerprint density at radius 3 is 2.50 bits per heavy atom. The van der Waals surface area contributed by atoms with E-state index in [1.807, 2.05) is 0 Å². The van der Waals surface area contributed by atoms with Gasteiger partial charge in [-0.3, -0.25) is 19.1 Å². The number of carbonyl (C=O) groups excluding carboxylic acids is 2. The van der Waals surface area contributed by atoms with E-state index in [0.29, 0.717) is 25.3 Å². The van der Waals surface area contributed by atoms with Gasteiger partial charge in [0.05, 0.1) is 17.9 Å². The first-order valence-corrected chi connectivity index (χ1v) is 8.64. The van der Waals surface area contributed by atoms with Crippen molar-refractivity contribution in [2.75, 3.05) is 18.5 Å². The molecule has 1 aromatic heterocycles. The largest absolute Gasteiger partial charge is 0.416 e. The van der Waals surface area contributed by atoms with Gasteiger partial charge in [-0.2, -0.15) is 18.3 Å². The van der Waals surface area contributed by atoms with Crippen molar-refractivity contribution in [3.05, 3.63) is 46.8 Å². The van der Waals surface area contributed by atoms with Gasteiger partial charge >= 0.3 is 6.18 Å². The van der Waals surface area contributed by atoms with Gasteiger partial charge in [0.1, 0.15) is 5.69 Å². The monoisotopic (exact) mass is 396 g/mol. The summed E-state index contributed by atoms with van der Waals surface area (Å²) in [5.41, 5.74) is -0.615. The second kappa shape index (κ2) is 7.63. The molecule has 28 heavy (non-hydrogen) atoms. The number of amides is 2. The Balaban J connectivity index is 1.92. The molecule has 2 aromatic rings. The van der Waals surface area contributed by atoms with Crippen molar-refractivity contribution in [2.24, 2.45) is 7.05 Å². The highest BCUT2D eigenvalue weighted by molar-refractivity contribution is 6.04. The molecule has 0 atom stereocenters. The Kier molecular flexibility index (Phi) is 5.41. The smallest absolute Gasteiger partial charge is 0.321 e. The van der Waals surface area contributed by atoms with Crippen molar-refractivity contribution in [3.8, 4) is 0 Å². The number of anilines is 1. The lowest BCUT2D eigenvalue weighted by Gasteiger charge is -2.26. The SMILES string of the molecule is Cc1cc(C(=O)Nc2cc(C(=O)N3CCCCO3)cc(C(F)(F)F)c2)n(C)n1. The highest BCUT2D eigenvalue weighted by atomic mass is 19.4. The number of alkyl halides is 3. The molecular formula is C18H19F3N4O3. The standard InChI is InChI=1S/C18H19F3N4O3/c1-11-7-15(24(2)23-11)16(26)22-14-9-12(8-13(10-14)18(19,20)21)17(27)25-5-3-4-6-28-25/h7-10H,3-6H2,1-2H3,(H,22,26). The molecule has 0 radical (unpaired) electrons. The predicted molar refractivity (Wildman–Crippen MR) is 93.6 cm³/mol. The highest BCUT2D eigenvalue weighted by Crippen LogP contribution is 2.32. The van der Waals surface area contributed by atoms with Crippen LogP contribution in [0.15, 0.2) is 24.3 Å². The number of hydrogen-bond acceptors (Lipinski definition) is 4. The molecule has 0 unspecified atom stereocenters. The van der Waals surface area contributed by atoms with Gasteiger partial charge in [-0.05, 0) is 44.0 Å². The summed E-state index contributed by atoms with van der Waals surface area (Å²) in [5, 5.41) is 7.50. The zero-order valence-corrected chi connectivity index (χ0v) is 15.3. The van der Waals surface area contributed by atoms with E-state index in [0.717, 1.165) is 23.6 Å². The maximum absolute atomic E-state index is 13.3. The van der Waals surface area contributed by atoms with E-state index in [4.69, 9.17) is 4.84 Å². The van der Waals surface area contributed by atoms with Crippen LogP contribution in [-0.4, -0.2) is 39.8 Å². The molecule has 1 saturated heterocycles. The van der Waals surface area contributed by atoms with Crippen LogP contribution in [0.3, 0.4) is 0 Å². The van der Waals surface area contributed by atoms with E-state index in [9.17, 15) is 22.8 Å². The summed E-state index contributed by atoms with van der Waals surface area (Å²) in [5.74, 6) is -1.31. The van der Waals surface area contributed by atoms with Crippen LogP contribution < -0.4 is 5.32 Å². The summed E-state index contributed by atoms with van der Waals surface area (Å²) < 4.78 is 41.2. The van der Waals surface area contributed by atoms with E-state index in [-0.39, 0.29) is 16.9 Å². The van der Waals surface area contributed by atoms with E-state index in [1.165, 1.54) is 16.8 Å². The summed E-state index contributed by atoms with van der Waals surface area (Å²) in [7, 11) is 1.55. The number of nitrogens with zero attached hydrogens (tertiary/aromatic N) is 3. The van der Waals surface area contributed by atoms with E-state index in [2.05, 4.69) is 10.4 Å². The fourth-order valence-corrected chi connectivity index (χ4v) is 2.91. The molecule has 1 aliphatic heterocycles. The lowest BCUT2D eigenvalue weighted by atomic mass is 10.1. The lowest BCUT2D eigenvalue weighted by Crippen LogP contribution is -2.36. The third-order valence-electron chi connectivity index (χ3n) is 4.23. The molecular weight excluding hydrogens is 377 g/mol. The zero-order chi connectivity index (χ0) is 20.5. The van der Waals surface area contributed by atoms with Crippen molar-refractivity contribution in [3.63, 3.8) is 0 Å². The Bertz CT molecular complexity index is 902. The van der Waals surface area contributed by atoms with Crippen LogP contribution in [0.2, 0.25) is 0 Å². The number of aryl methyl sites for hydroxylation is 2. The van der Waals surface area contributed by atoms with Crippen LogP contribution in [0.25, 0.3) is 0 Å². The van der Waals surface area contributed by atoms with Crippen LogP contribution in [0, 0.1) is 6.92 Å². The normalized spacial score (nSPS) is 14.8.